The third kappa shape index (κ3) is 16.2. The number of hydrogen-bond acceptors (Lipinski definition) is 14. The lowest BCUT2D eigenvalue weighted by atomic mass is 9.96. The molecule has 1 aromatic carbocycles. The Labute approximate surface area is 396 Å². The van der Waals surface area contributed by atoms with Crippen molar-refractivity contribution in [1.29, 1.82) is 0 Å². The van der Waals surface area contributed by atoms with E-state index < -0.39 is 170 Å². The first-order chi connectivity index (χ1) is 32.2. The fourth-order valence-electron chi connectivity index (χ4n) is 7.43. The van der Waals surface area contributed by atoms with E-state index >= 15 is 0 Å². The molecule has 0 unspecified atom stereocenters. The van der Waals surface area contributed by atoms with Gasteiger partial charge in [0.25, 0.3) is 6.10 Å². The van der Waals surface area contributed by atoms with Gasteiger partial charge in [-0.05, 0) is 37.2 Å². The van der Waals surface area contributed by atoms with Crippen LogP contribution in [0.3, 0.4) is 0 Å². The lowest BCUT2D eigenvalue weighted by molar-refractivity contribution is -0.140. The summed E-state index contributed by atoms with van der Waals surface area (Å²) < 4.78 is 2.28. The topological polar surface area (TPSA) is 428 Å². The first-order valence-corrected chi connectivity index (χ1v) is 22.2. The molecule has 2 heterocycles. The van der Waals surface area contributed by atoms with E-state index in [1.165, 1.54) is 0 Å². The molecule has 8 amide bonds. The molecule has 0 aliphatic carbocycles. The minimum atomic E-state index is -1.81. The van der Waals surface area contributed by atoms with Gasteiger partial charge in [-0.1, -0.05) is 64.4 Å². The highest BCUT2D eigenvalue weighted by Gasteiger charge is 3.02. The van der Waals surface area contributed by atoms with Crippen molar-refractivity contribution >= 4 is 65.2 Å². The van der Waals surface area contributed by atoms with Crippen molar-refractivity contribution in [3.63, 3.8) is 0 Å². The Balaban J connectivity index is 1.85. The Morgan fingerprint density at radius 2 is 1.20 bits per heavy atom. The third-order valence-corrected chi connectivity index (χ3v) is 11.5. The van der Waals surface area contributed by atoms with Crippen LogP contribution in [0.15, 0.2) is 30.3 Å². The van der Waals surface area contributed by atoms with E-state index in [-0.39, 0.29) is 25.2 Å². The zero-order valence-electron chi connectivity index (χ0n) is 38.8. The molecule has 382 valence electrons. The van der Waals surface area contributed by atoms with Gasteiger partial charge in [0, 0.05) is 12.8 Å². The molecular formula is C43H64N9O17+. The van der Waals surface area contributed by atoms with Crippen molar-refractivity contribution in [3.05, 3.63) is 35.9 Å². The van der Waals surface area contributed by atoms with Crippen LogP contribution in [-0.4, -0.2) is 157 Å². The molecule has 1 aromatic rings. The number of epoxide rings is 2. The van der Waals surface area contributed by atoms with Gasteiger partial charge in [0.15, 0.2) is 0 Å². The van der Waals surface area contributed by atoms with Crippen LogP contribution in [-0.2, 0) is 63.5 Å². The van der Waals surface area contributed by atoms with Gasteiger partial charge in [-0.3, -0.25) is 58.1 Å². The van der Waals surface area contributed by atoms with Gasteiger partial charge in [-0.25, -0.2) is 0 Å². The molecule has 69 heavy (non-hydrogen) atoms. The van der Waals surface area contributed by atoms with Crippen LogP contribution in [0.5, 0.6) is 0 Å². The van der Waals surface area contributed by atoms with E-state index in [4.69, 9.17) is 16.6 Å². The summed E-state index contributed by atoms with van der Waals surface area (Å²) in [6.45, 7) is 7.74. The molecule has 2 fully saturated rings. The van der Waals surface area contributed by atoms with E-state index in [0.717, 1.165) is 6.92 Å². The Morgan fingerprint density at radius 1 is 0.667 bits per heavy atom. The molecule has 2 aliphatic rings. The molecule has 0 bridgehead atoms. The predicted molar refractivity (Wildman–Crippen MR) is 237 cm³/mol. The molecule has 26 heteroatoms. The maximum Gasteiger partial charge on any atom is 0.422 e. The number of carbonyl (C=O) groups is 11. The summed E-state index contributed by atoms with van der Waals surface area (Å²) in [6, 6.07) is -2.78. The number of carboxylic acids is 3. The largest absolute Gasteiger partial charge is 0.481 e. The molecule has 0 saturated carbocycles. The van der Waals surface area contributed by atoms with Gasteiger partial charge < -0.3 is 73.3 Å². The number of hydrogen-bond donors (Lipinski definition) is 14. The van der Waals surface area contributed by atoms with E-state index in [2.05, 4.69) is 41.6 Å². The fourth-order valence-corrected chi connectivity index (χ4v) is 7.43. The first-order valence-electron chi connectivity index (χ1n) is 22.2. The van der Waals surface area contributed by atoms with Gasteiger partial charge in [0.1, 0.15) is 42.7 Å². The van der Waals surface area contributed by atoms with Crippen molar-refractivity contribution < 1.29 is 82.6 Å². The van der Waals surface area contributed by atoms with Crippen LogP contribution in [0.25, 0.3) is 0 Å². The molecule has 26 nitrogen and oxygen atoms in total. The maximum absolute atomic E-state index is 14.1. The third-order valence-electron chi connectivity index (χ3n) is 11.5. The number of aliphatic hydroxyl groups is 2. The Bertz CT molecular complexity index is 2090. The quantitative estimate of drug-likeness (QED) is 0.0256. The monoisotopic (exact) mass is 978 g/mol. The molecule has 0 radical (unpaired) electrons. The van der Waals surface area contributed by atoms with E-state index in [9.17, 15) is 73.2 Å². The average molecular weight is 979 g/mol. The minimum absolute atomic E-state index is 0.0857. The normalized spacial score (nSPS) is 20.8. The van der Waals surface area contributed by atoms with Gasteiger partial charge in [-0.2, -0.15) is 0 Å². The summed E-state index contributed by atoms with van der Waals surface area (Å²) in [7, 11) is 0. The van der Waals surface area contributed by atoms with Crippen LogP contribution in [0.1, 0.15) is 85.1 Å². The highest BCUT2D eigenvalue weighted by Crippen LogP contribution is 2.67. The molecule has 0 spiro atoms. The van der Waals surface area contributed by atoms with Gasteiger partial charge in [0.2, 0.25) is 47.3 Å². The lowest BCUT2D eigenvalue weighted by Crippen LogP contribution is -2.62. The summed E-state index contributed by atoms with van der Waals surface area (Å²) in [5.74, 6) is -13.3. The Kier molecular flexibility index (Phi) is 20.5. The molecular weight excluding hydrogens is 915 g/mol. The molecule has 2 aliphatic heterocycles. The summed E-state index contributed by atoms with van der Waals surface area (Å²) in [5, 5.41) is 65.2. The SMILES string of the molecule is CC[C@H](C)[C@H](NC(=O)[C@H](CC(C)C)NC(=O)[C@H](CC(N)=O)NC(=O)[C@@H](NC(=O)[C@@H](N)CC(=O)O)[C@@H](C)O)C(=O)N[C@@H](CCC(=O)O)C(=O)N[C@@H](Cc1ccccc1)C(=O)N[C@@]12[C@H](O)[O+]1[C@@H]2CC(=O)O. The van der Waals surface area contributed by atoms with Crippen LogP contribution >= 0.6 is 0 Å². The lowest BCUT2D eigenvalue weighted by Gasteiger charge is -2.30. The van der Waals surface area contributed by atoms with Crippen molar-refractivity contribution in [2.24, 2.45) is 23.3 Å². The minimum Gasteiger partial charge on any atom is -0.481 e. The molecule has 3 rings (SSSR count). The highest BCUT2D eigenvalue weighted by molar-refractivity contribution is 5.99. The number of nitrogens with one attached hydrogen (secondary N) is 7. The summed E-state index contributed by atoms with van der Waals surface area (Å²) in [5.41, 5.74) is 10.1. The molecule has 12 atom stereocenters. The zero-order chi connectivity index (χ0) is 52.1. The Morgan fingerprint density at radius 3 is 1.72 bits per heavy atom. The maximum atomic E-state index is 14.1. The second kappa shape index (κ2) is 25.0. The van der Waals surface area contributed by atoms with Gasteiger partial charge in [-0.15, -0.1) is 0 Å². The number of rotatable bonds is 30. The molecule has 16 N–H and O–H groups in total. The first kappa shape index (κ1) is 56.6. The highest BCUT2D eigenvalue weighted by atomic mass is 17.0. The van der Waals surface area contributed by atoms with Gasteiger partial charge in [0.05, 0.1) is 25.0 Å². The standard InChI is InChI=1S/C43H63N9O17/c1-6-20(4)33(50-38(64)25(14-19(2)3)47-37(63)27(17-29(45)54)49-41(67)34(21(5)53)51-35(61)23(44)16-31(57)58)40(66)46-24(12-13-30(55)56)36(62)48-26(15-22-10-8-7-9-11-22)39(65)52-43-28(18-32(59)60)69(43)42(43)68/h7-11,19-21,23-28,33-34,42,53,68H,6,12-18,44H2,1-5H3,(H11-,45,46,47,48,49,50,51,52,54,55,56,57,58,59,60,61,62,63,64,65,66,67)/p+1/t20-,21+,23-,24-,25-,26-,27-,28+,33-,34-,42+,43+/m0/s1. The smallest absolute Gasteiger partial charge is 0.422 e. The molecule has 2 saturated heterocycles. The predicted octanol–water partition coefficient (Wildman–Crippen LogP) is -4.29. The zero-order valence-corrected chi connectivity index (χ0v) is 38.8. The average Bonchev–Trinajstić information content (AvgIpc) is 4.09. The number of carboxylic acid groups (broad SMARTS) is 3. The summed E-state index contributed by atoms with van der Waals surface area (Å²) in [4.78, 5) is 142. The van der Waals surface area contributed by atoms with Crippen LogP contribution in [0.4, 0.5) is 0 Å². The van der Waals surface area contributed by atoms with Crippen LogP contribution < -0.4 is 48.7 Å². The van der Waals surface area contributed by atoms with Crippen molar-refractivity contribution in [1.82, 2.24) is 37.2 Å². The van der Waals surface area contributed by atoms with Crippen molar-refractivity contribution in [2.75, 3.05) is 0 Å². The number of nitrogens with two attached hydrogens (primary N) is 2. The number of carbonyl (C=O) groups excluding carboxylic acids is 8. The summed E-state index contributed by atoms with van der Waals surface area (Å²) >= 11 is 0. The van der Waals surface area contributed by atoms with E-state index in [1.54, 1.807) is 58.0 Å². The van der Waals surface area contributed by atoms with E-state index in [0.29, 0.717) is 5.56 Å². The number of amides is 8. The van der Waals surface area contributed by atoms with Crippen LogP contribution in [0, 0.1) is 11.8 Å². The second-order valence-electron chi connectivity index (χ2n) is 17.6. The number of aliphatic hydroxyl groups excluding tert-OH is 2. The number of aliphatic carboxylic acids is 3. The number of fused-ring (bicyclic) bond motifs is 1. The number of benzene rings is 1. The second-order valence-corrected chi connectivity index (χ2v) is 17.6. The fraction of sp³-hybridized carbons (Fsp3) is 0.605. The van der Waals surface area contributed by atoms with Crippen molar-refractivity contribution in [3.8, 4) is 0 Å². The molecule has 0 aromatic heterocycles. The van der Waals surface area contributed by atoms with Crippen LogP contribution in [0.2, 0.25) is 0 Å². The number of primary amides is 1. The van der Waals surface area contributed by atoms with Crippen molar-refractivity contribution in [2.45, 2.75) is 153 Å². The Hall–Kier alpha value is -6.77. The van der Waals surface area contributed by atoms with E-state index in [1.807, 2.05) is 0 Å². The summed E-state index contributed by atoms with van der Waals surface area (Å²) in [6.07, 6.45) is -6.84. The van der Waals surface area contributed by atoms with Gasteiger partial charge >= 0.3 is 29.9 Å².